The lowest BCUT2D eigenvalue weighted by Gasteiger charge is -2.04. The third-order valence-corrected chi connectivity index (χ3v) is 2.39. The van der Waals surface area contributed by atoms with Gasteiger partial charge in [0.2, 0.25) is 5.28 Å². The molecule has 0 atom stereocenters. The number of benzene rings is 1. The normalized spacial score (nSPS) is 10.6. The van der Waals surface area contributed by atoms with Crippen LogP contribution in [-0.4, -0.2) is 21.0 Å². The number of carboxylic acids is 1. The molecular weight excluding hydrogens is 228 g/mol. The summed E-state index contributed by atoms with van der Waals surface area (Å²) >= 11 is 5.74. The van der Waals surface area contributed by atoms with Gasteiger partial charge in [-0.3, -0.25) is 4.79 Å². The van der Waals surface area contributed by atoms with Gasteiger partial charge in [0, 0.05) is 5.39 Å². The number of carbonyl (C=O) groups is 1. The lowest BCUT2D eigenvalue weighted by molar-refractivity contribution is -0.136. The summed E-state index contributed by atoms with van der Waals surface area (Å²) in [5, 5.41) is 9.58. The molecule has 2 rings (SSSR count). The fraction of sp³-hybridized carbons (Fsp3) is 0.182. The predicted octanol–water partition coefficient (Wildman–Crippen LogP) is 2.22. The fourth-order valence-electron chi connectivity index (χ4n) is 1.55. The van der Waals surface area contributed by atoms with Crippen LogP contribution in [0, 0.1) is 6.92 Å². The molecule has 4 nitrogen and oxygen atoms in total. The monoisotopic (exact) mass is 236 g/mol. The summed E-state index contributed by atoms with van der Waals surface area (Å²) < 4.78 is 0. The van der Waals surface area contributed by atoms with Crippen molar-refractivity contribution in [3.05, 3.63) is 34.7 Å². The largest absolute Gasteiger partial charge is 0.481 e. The second kappa shape index (κ2) is 4.06. The summed E-state index contributed by atoms with van der Waals surface area (Å²) in [4.78, 5) is 18.7. The van der Waals surface area contributed by atoms with Crippen molar-refractivity contribution in [2.45, 2.75) is 13.3 Å². The number of carboxylic acid groups (broad SMARTS) is 1. The van der Waals surface area contributed by atoms with E-state index in [0.717, 1.165) is 10.9 Å². The minimum Gasteiger partial charge on any atom is -0.481 e. The van der Waals surface area contributed by atoms with E-state index in [9.17, 15) is 4.79 Å². The van der Waals surface area contributed by atoms with Gasteiger partial charge in [0.25, 0.3) is 0 Å². The van der Waals surface area contributed by atoms with Crippen LogP contribution < -0.4 is 0 Å². The van der Waals surface area contributed by atoms with Crippen LogP contribution >= 0.6 is 11.6 Å². The van der Waals surface area contributed by atoms with Gasteiger partial charge in [0.15, 0.2) is 0 Å². The Morgan fingerprint density at radius 2 is 2.19 bits per heavy atom. The van der Waals surface area contributed by atoms with Crippen LogP contribution in [0.4, 0.5) is 0 Å². The van der Waals surface area contributed by atoms with E-state index < -0.39 is 5.97 Å². The Labute approximate surface area is 96.9 Å². The SMILES string of the molecule is Cc1ccc2c(CC(=O)O)nc(Cl)nc2c1. The van der Waals surface area contributed by atoms with E-state index in [4.69, 9.17) is 16.7 Å². The first kappa shape index (κ1) is 10.8. The van der Waals surface area contributed by atoms with Gasteiger partial charge in [-0.1, -0.05) is 12.1 Å². The maximum atomic E-state index is 10.7. The summed E-state index contributed by atoms with van der Waals surface area (Å²) in [5.41, 5.74) is 2.17. The zero-order valence-corrected chi connectivity index (χ0v) is 9.32. The van der Waals surface area contributed by atoms with Gasteiger partial charge in [-0.05, 0) is 30.2 Å². The van der Waals surface area contributed by atoms with Gasteiger partial charge in [-0.2, -0.15) is 0 Å². The molecule has 1 aromatic heterocycles. The smallest absolute Gasteiger partial charge is 0.309 e. The average molecular weight is 237 g/mol. The third kappa shape index (κ3) is 2.12. The zero-order chi connectivity index (χ0) is 11.7. The van der Waals surface area contributed by atoms with Crippen molar-refractivity contribution >= 4 is 28.5 Å². The minimum atomic E-state index is -0.934. The van der Waals surface area contributed by atoms with Gasteiger partial charge in [0.1, 0.15) is 0 Å². The number of fused-ring (bicyclic) bond motifs is 1. The van der Waals surface area contributed by atoms with E-state index in [1.165, 1.54) is 0 Å². The number of hydrogen-bond donors (Lipinski definition) is 1. The molecule has 82 valence electrons. The zero-order valence-electron chi connectivity index (χ0n) is 8.57. The van der Waals surface area contributed by atoms with E-state index in [-0.39, 0.29) is 11.7 Å². The first-order chi connectivity index (χ1) is 7.56. The molecular formula is C11H9ClN2O2. The Bertz CT molecular complexity index is 564. The van der Waals surface area contributed by atoms with E-state index in [2.05, 4.69) is 9.97 Å². The van der Waals surface area contributed by atoms with Crippen LogP contribution in [0.15, 0.2) is 18.2 Å². The van der Waals surface area contributed by atoms with Gasteiger partial charge in [0.05, 0.1) is 17.6 Å². The van der Waals surface area contributed by atoms with Crippen LogP contribution in [0.5, 0.6) is 0 Å². The number of halogens is 1. The van der Waals surface area contributed by atoms with Crippen LogP contribution in [0.25, 0.3) is 10.9 Å². The highest BCUT2D eigenvalue weighted by atomic mass is 35.5. The summed E-state index contributed by atoms with van der Waals surface area (Å²) in [6.45, 7) is 1.94. The summed E-state index contributed by atoms with van der Waals surface area (Å²) in [5.74, 6) is -0.934. The molecule has 0 saturated heterocycles. The van der Waals surface area contributed by atoms with Crippen molar-refractivity contribution in [1.29, 1.82) is 0 Å². The molecule has 0 spiro atoms. The van der Waals surface area contributed by atoms with Crippen LogP contribution in [0.1, 0.15) is 11.3 Å². The summed E-state index contributed by atoms with van der Waals surface area (Å²) in [7, 11) is 0. The average Bonchev–Trinajstić information content (AvgIpc) is 2.15. The molecule has 2 aromatic rings. The molecule has 0 amide bonds. The summed E-state index contributed by atoms with van der Waals surface area (Å²) in [6, 6.07) is 5.57. The number of aryl methyl sites for hydroxylation is 1. The molecule has 0 fully saturated rings. The first-order valence-corrected chi connectivity index (χ1v) is 5.08. The summed E-state index contributed by atoms with van der Waals surface area (Å²) in [6.07, 6.45) is -0.151. The number of aliphatic carboxylic acids is 1. The molecule has 1 N–H and O–H groups in total. The topological polar surface area (TPSA) is 63.1 Å². The number of rotatable bonds is 2. The maximum Gasteiger partial charge on any atom is 0.309 e. The Balaban J connectivity index is 2.67. The molecule has 0 bridgehead atoms. The second-order valence-corrected chi connectivity index (χ2v) is 3.87. The van der Waals surface area contributed by atoms with E-state index in [0.29, 0.717) is 11.2 Å². The third-order valence-electron chi connectivity index (χ3n) is 2.22. The second-order valence-electron chi connectivity index (χ2n) is 3.53. The first-order valence-electron chi connectivity index (χ1n) is 4.71. The molecule has 0 saturated carbocycles. The Hall–Kier alpha value is -1.68. The molecule has 0 aliphatic heterocycles. The van der Waals surface area contributed by atoms with E-state index in [1.807, 2.05) is 25.1 Å². The quantitative estimate of drug-likeness (QED) is 0.812. The van der Waals surface area contributed by atoms with Crippen molar-refractivity contribution in [3.63, 3.8) is 0 Å². The van der Waals surface area contributed by atoms with Gasteiger partial charge in [-0.15, -0.1) is 0 Å². The molecule has 0 aliphatic rings. The Kier molecular flexibility index (Phi) is 2.75. The van der Waals surface area contributed by atoms with Crippen LogP contribution in [0.3, 0.4) is 0 Å². The van der Waals surface area contributed by atoms with Crippen LogP contribution in [-0.2, 0) is 11.2 Å². The van der Waals surface area contributed by atoms with E-state index >= 15 is 0 Å². The van der Waals surface area contributed by atoms with E-state index in [1.54, 1.807) is 0 Å². The number of nitrogens with zero attached hydrogens (tertiary/aromatic N) is 2. The molecule has 16 heavy (non-hydrogen) atoms. The molecule has 1 aromatic carbocycles. The standard InChI is InChI=1S/C11H9ClN2O2/c1-6-2-3-7-8(4-6)13-11(12)14-9(7)5-10(15)16/h2-4H,5H2,1H3,(H,15,16). The van der Waals surface area contributed by atoms with Crippen molar-refractivity contribution in [1.82, 2.24) is 9.97 Å². The molecule has 0 unspecified atom stereocenters. The van der Waals surface area contributed by atoms with Gasteiger partial charge < -0.3 is 5.11 Å². The van der Waals surface area contributed by atoms with Crippen LogP contribution in [0.2, 0.25) is 5.28 Å². The van der Waals surface area contributed by atoms with Crippen molar-refractivity contribution in [2.24, 2.45) is 0 Å². The Morgan fingerprint density at radius 3 is 2.88 bits per heavy atom. The number of aromatic nitrogens is 2. The maximum absolute atomic E-state index is 10.7. The molecule has 0 aliphatic carbocycles. The predicted molar refractivity (Wildman–Crippen MR) is 60.6 cm³/mol. The highest BCUT2D eigenvalue weighted by Crippen LogP contribution is 2.19. The van der Waals surface area contributed by atoms with Crippen molar-refractivity contribution < 1.29 is 9.90 Å². The molecule has 5 heteroatoms. The lowest BCUT2D eigenvalue weighted by Crippen LogP contribution is -2.04. The minimum absolute atomic E-state index is 0.0781. The molecule has 0 radical (unpaired) electrons. The van der Waals surface area contributed by atoms with Crippen molar-refractivity contribution in [3.8, 4) is 0 Å². The molecule has 1 heterocycles. The fourth-order valence-corrected chi connectivity index (χ4v) is 1.75. The highest BCUT2D eigenvalue weighted by molar-refractivity contribution is 6.28. The Morgan fingerprint density at radius 1 is 1.44 bits per heavy atom. The number of hydrogen-bond acceptors (Lipinski definition) is 3. The van der Waals surface area contributed by atoms with Gasteiger partial charge in [-0.25, -0.2) is 9.97 Å². The van der Waals surface area contributed by atoms with Gasteiger partial charge >= 0.3 is 5.97 Å². The highest BCUT2D eigenvalue weighted by Gasteiger charge is 2.10. The lowest BCUT2D eigenvalue weighted by atomic mass is 10.1. The van der Waals surface area contributed by atoms with Crippen molar-refractivity contribution in [2.75, 3.05) is 0 Å².